The molecule has 1 aromatic heterocycles. The van der Waals surface area contributed by atoms with Crippen LogP contribution in [0.5, 0.6) is 0 Å². The van der Waals surface area contributed by atoms with E-state index in [1.54, 1.807) is 16.8 Å². The first kappa shape index (κ1) is 10.6. The Kier molecular flexibility index (Phi) is 3.33. The molecule has 0 radical (unpaired) electrons. The highest BCUT2D eigenvalue weighted by Crippen LogP contribution is 2.21. The van der Waals surface area contributed by atoms with Gasteiger partial charge in [-0.05, 0) is 18.2 Å². The molecule has 0 aliphatic rings. The number of nitrogens with zero attached hydrogens (tertiary/aromatic N) is 1. The Labute approximate surface area is 99.6 Å². The maximum atomic E-state index is 11.3. The van der Waals surface area contributed by atoms with Crippen LogP contribution in [0.15, 0.2) is 23.7 Å². The van der Waals surface area contributed by atoms with E-state index in [1.807, 2.05) is 18.2 Å². The number of carbonyl (C=O) groups is 1. The number of benzene rings is 1. The summed E-state index contributed by atoms with van der Waals surface area (Å²) < 4.78 is 1.09. The van der Waals surface area contributed by atoms with Gasteiger partial charge in [-0.15, -0.1) is 11.3 Å². The number of thiazole rings is 1. The van der Waals surface area contributed by atoms with Gasteiger partial charge in [-0.1, -0.05) is 15.9 Å². The number of hydrogen-bond acceptors (Lipinski definition) is 3. The van der Waals surface area contributed by atoms with Gasteiger partial charge in [-0.25, -0.2) is 4.98 Å². The summed E-state index contributed by atoms with van der Waals surface area (Å²) in [7, 11) is 0. The lowest BCUT2D eigenvalue weighted by Crippen LogP contribution is -2.11. The Morgan fingerprint density at radius 1 is 1.53 bits per heavy atom. The molecule has 1 aromatic carbocycles. The lowest BCUT2D eigenvalue weighted by molar-refractivity contribution is -0.115. The van der Waals surface area contributed by atoms with Crippen LogP contribution in [0, 0.1) is 0 Å². The topological polar surface area (TPSA) is 42.0 Å². The first-order valence-corrected chi connectivity index (χ1v) is 6.49. The molecule has 0 aliphatic heterocycles. The summed E-state index contributed by atoms with van der Waals surface area (Å²) in [6.07, 6.45) is 0.487. The highest BCUT2D eigenvalue weighted by molar-refractivity contribution is 9.09. The van der Waals surface area contributed by atoms with E-state index in [1.165, 1.54) is 0 Å². The zero-order valence-electron chi connectivity index (χ0n) is 7.87. The fourth-order valence-corrected chi connectivity index (χ4v) is 2.32. The monoisotopic (exact) mass is 284 g/mol. The standard InChI is InChI=1S/C10H9BrN2OS/c11-4-3-10(14)13-7-1-2-8-9(5-7)15-6-12-8/h1-2,5-6H,3-4H2,(H,13,14). The maximum absolute atomic E-state index is 11.3. The van der Waals surface area contributed by atoms with Crippen molar-refractivity contribution in [2.45, 2.75) is 6.42 Å². The molecule has 1 N–H and O–H groups in total. The van der Waals surface area contributed by atoms with Gasteiger partial charge in [0.25, 0.3) is 0 Å². The lowest BCUT2D eigenvalue weighted by atomic mass is 10.3. The molecule has 0 atom stereocenters. The van der Waals surface area contributed by atoms with E-state index in [4.69, 9.17) is 0 Å². The third-order valence-electron chi connectivity index (χ3n) is 1.94. The molecular weight excluding hydrogens is 276 g/mol. The third kappa shape index (κ3) is 2.54. The van der Waals surface area contributed by atoms with Crippen LogP contribution in [-0.4, -0.2) is 16.2 Å². The van der Waals surface area contributed by atoms with E-state index >= 15 is 0 Å². The number of aromatic nitrogens is 1. The van der Waals surface area contributed by atoms with Crippen molar-refractivity contribution in [3.63, 3.8) is 0 Å². The van der Waals surface area contributed by atoms with Crippen LogP contribution in [0.1, 0.15) is 6.42 Å². The highest BCUT2D eigenvalue weighted by atomic mass is 79.9. The van der Waals surface area contributed by atoms with E-state index in [0.29, 0.717) is 11.8 Å². The largest absolute Gasteiger partial charge is 0.326 e. The molecule has 1 amide bonds. The second-order valence-electron chi connectivity index (χ2n) is 3.02. The normalized spacial score (nSPS) is 10.5. The average molecular weight is 285 g/mol. The molecule has 0 saturated heterocycles. The zero-order valence-corrected chi connectivity index (χ0v) is 10.3. The molecule has 0 fully saturated rings. The van der Waals surface area contributed by atoms with Crippen LogP contribution in [0.3, 0.4) is 0 Å². The van der Waals surface area contributed by atoms with Crippen molar-refractivity contribution in [3.05, 3.63) is 23.7 Å². The molecule has 78 valence electrons. The number of amides is 1. The number of carbonyl (C=O) groups excluding carboxylic acids is 1. The maximum Gasteiger partial charge on any atom is 0.225 e. The predicted octanol–water partition coefficient (Wildman–Crippen LogP) is 3.02. The molecule has 2 rings (SSSR count). The van der Waals surface area contributed by atoms with Crippen LogP contribution >= 0.6 is 27.3 Å². The summed E-state index contributed by atoms with van der Waals surface area (Å²) >= 11 is 4.80. The number of nitrogens with one attached hydrogen (secondary N) is 1. The molecule has 0 saturated carbocycles. The van der Waals surface area contributed by atoms with Gasteiger partial charge in [0, 0.05) is 17.4 Å². The molecule has 15 heavy (non-hydrogen) atoms. The molecule has 0 aliphatic carbocycles. The highest BCUT2D eigenvalue weighted by Gasteiger charge is 2.02. The van der Waals surface area contributed by atoms with Gasteiger partial charge >= 0.3 is 0 Å². The molecule has 0 bridgehead atoms. The Hall–Kier alpha value is -0.940. The van der Waals surface area contributed by atoms with Crippen molar-refractivity contribution in [2.75, 3.05) is 10.6 Å². The van der Waals surface area contributed by atoms with E-state index in [-0.39, 0.29) is 5.91 Å². The second-order valence-corrected chi connectivity index (χ2v) is 4.70. The summed E-state index contributed by atoms with van der Waals surface area (Å²) in [5, 5.41) is 3.52. The number of halogens is 1. The zero-order chi connectivity index (χ0) is 10.7. The predicted molar refractivity (Wildman–Crippen MR) is 66.7 cm³/mol. The minimum atomic E-state index is 0.0238. The Balaban J connectivity index is 2.17. The number of anilines is 1. The Morgan fingerprint density at radius 2 is 2.40 bits per heavy atom. The van der Waals surface area contributed by atoms with Crippen molar-refractivity contribution in [2.24, 2.45) is 0 Å². The summed E-state index contributed by atoms with van der Waals surface area (Å²) in [5.41, 5.74) is 3.60. The molecule has 0 unspecified atom stereocenters. The van der Waals surface area contributed by atoms with Crippen LogP contribution in [-0.2, 0) is 4.79 Å². The quantitative estimate of drug-likeness (QED) is 0.881. The van der Waals surface area contributed by atoms with Crippen molar-refractivity contribution in [1.82, 2.24) is 4.98 Å². The first-order chi connectivity index (χ1) is 7.29. The van der Waals surface area contributed by atoms with E-state index in [0.717, 1.165) is 15.9 Å². The summed E-state index contributed by atoms with van der Waals surface area (Å²) in [6.45, 7) is 0. The molecule has 5 heteroatoms. The van der Waals surface area contributed by atoms with Gasteiger partial charge < -0.3 is 5.32 Å². The Morgan fingerprint density at radius 3 is 3.20 bits per heavy atom. The van der Waals surface area contributed by atoms with Crippen LogP contribution in [0.4, 0.5) is 5.69 Å². The molecule has 0 spiro atoms. The fourth-order valence-electron chi connectivity index (χ4n) is 1.24. The number of hydrogen-bond donors (Lipinski definition) is 1. The molecular formula is C10H9BrN2OS. The average Bonchev–Trinajstić information content (AvgIpc) is 2.65. The SMILES string of the molecule is O=C(CCBr)Nc1ccc2ncsc2c1. The van der Waals surface area contributed by atoms with Crippen molar-refractivity contribution in [1.29, 1.82) is 0 Å². The van der Waals surface area contributed by atoms with E-state index in [2.05, 4.69) is 26.2 Å². The molecule has 1 heterocycles. The smallest absolute Gasteiger partial charge is 0.225 e. The summed E-state index contributed by atoms with van der Waals surface area (Å²) in [5.74, 6) is 0.0238. The minimum Gasteiger partial charge on any atom is -0.326 e. The van der Waals surface area contributed by atoms with E-state index in [9.17, 15) is 4.79 Å². The van der Waals surface area contributed by atoms with Crippen molar-refractivity contribution in [3.8, 4) is 0 Å². The van der Waals surface area contributed by atoms with Crippen LogP contribution in [0.2, 0.25) is 0 Å². The number of rotatable bonds is 3. The Bertz CT molecular complexity index is 483. The van der Waals surface area contributed by atoms with Gasteiger partial charge in [0.2, 0.25) is 5.91 Å². The van der Waals surface area contributed by atoms with Crippen molar-refractivity contribution >= 4 is 49.1 Å². The first-order valence-electron chi connectivity index (χ1n) is 4.48. The minimum absolute atomic E-state index is 0.0238. The summed E-state index contributed by atoms with van der Waals surface area (Å²) in [4.78, 5) is 15.5. The fraction of sp³-hybridized carbons (Fsp3) is 0.200. The van der Waals surface area contributed by atoms with Crippen LogP contribution < -0.4 is 5.32 Å². The van der Waals surface area contributed by atoms with Gasteiger partial charge in [0.1, 0.15) is 0 Å². The second kappa shape index (κ2) is 4.72. The van der Waals surface area contributed by atoms with E-state index < -0.39 is 0 Å². The van der Waals surface area contributed by atoms with Crippen molar-refractivity contribution < 1.29 is 4.79 Å². The number of alkyl halides is 1. The summed E-state index contributed by atoms with van der Waals surface area (Å²) in [6, 6.07) is 5.73. The van der Waals surface area contributed by atoms with Crippen LogP contribution in [0.25, 0.3) is 10.2 Å². The lowest BCUT2D eigenvalue weighted by Gasteiger charge is -2.03. The van der Waals surface area contributed by atoms with Gasteiger partial charge in [0.15, 0.2) is 0 Å². The molecule has 3 nitrogen and oxygen atoms in total. The van der Waals surface area contributed by atoms with Gasteiger partial charge in [-0.3, -0.25) is 4.79 Å². The molecule has 2 aromatic rings. The van der Waals surface area contributed by atoms with Gasteiger partial charge in [-0.2, -0.15) is 0 Å². The van der Waals surface area contributed by atoms with Gasteiger partial charge in [0.05, 0.1) is 15.7 Å². The third-order valence-corrected chi connectivity index (χ3v) is 3.12. The number of fused-ring (bicyclic) bond motifs is 1.